The van der Waals surface area contributed by atoms with Crippen LogP contribution in [0.3, 0.4) is 0 Å². The Morgan fingerprint density at radius 1 is 1.04 bits per heavy atom. The van der Waals surface area contributed by atoms with Crippen LogP contribution < -0.4 is 5.32 Å². The number of aliphatic hydroxyl groups excluding tert-OH is 1. The molecule has 2 N–H and O–H groups in total. The van der Waals surface area contributed by atoms with E-state index >= 15 is 0 Å². The molecule has 0 bridgehead atoms. The Balaban J connectivity index is 2.67. The van der Waals surface area contributed by atoms with Gasteiger partial charge >= 0.3 is 12.4 Å². The molecule has 0 amide bonds. The Labute approximate surface area is 148 Å². The predicted octanol–water partition coefficient (Wildman–Crippen LogP) is 3.69. The van der Waals surface area contributed by atoms with Crippen LogP contribution in [0.25, 0.3) is 0 Å². The first-order chi connectivity index (χ1) is 11.9. The molecule has 3 nitrogen and oxygen atoms in total. The SMILES string of the molecule is CC(C)(CO)[C@@H](c1cc(C(F)(F)F)ccc1C(F)(F)F)N1CCNCC1. The van der Waals surface area contributed by atoms with Gasteiger partial charge in [-0.1, -0.05) is 13.8 Å². The molecular formula is C17H22F6N2O. The summed E-state index contributed by atoms with van der Waals surface area (Å²) in [7, 11) is 0. The van der Waals surface area contributed by atoms with Crippen molar-refractivity contribution >= 4 is 0 Å². The fourth-order valence-corrected chi connectivity index (χ4v) is 3.36. The maximum atomic E-state index is 13.5. The number of hydrogen-bond donors (Lipinski definition) is 2. The van der Waals surface area contributed by atoms with Crippen molar-refractivity contribution in [1.29, 1.82) is 0 Å². The van der Waals surface area contributed by atoms with Gasteiger partial charge in [0.1, 0.15) is 0 Å². The van der Waals surface area contributed by atoms with Gasteiger partial charge in [-0.25, -0.2) is 0 Å². The summed E-state index contributed by atoms with van der Waals surface area (Å²) in [5.41, 5.74) is -3.75. The Hall–Kier alpha value is -1.32. The van der Waals surface area contributed by atoms with E-state index in [-0.39, 0.29) is 0 Å². The van der Waals surface area contributed by atoms with Gasteiger partial charge in [0.05, 0.1) is 11.1 Å². The zero-order valence-corrected chi connectivity index (χ0v) is 14.5. The predicted molar refractivity (Wildman–Crippen MR) is 84.5 cm³/mol. The van der Waals surface area contributed by atoms with E-state index in [1.807, 2.05) is 0 Å². The molecule has 0 saturated carbocycles. The number of hydrogen-bond acceptors (Lipinski definition) is 3. The zero-order chi connectivity index (χ0) is 19.8. The van der Waals surface area contributed by atoms with E-state index in [1.54, 1.807) is 18.7 Å². The van der Waals surface area contributed by atoms with Crippen molar-refractivity contribution in [2.24, 2.45) is 5.41 Å². The lowest BCUT2D eigenvalue weighted by Crippen LogP contribution is -2.50. The smallest absolute Gasteiger partial charge is 0.396 e. The van der Waals surface area contributed by atoms with Crippen molar-refractivity contribution in [3.63, 3.8) is 0 Å². The third-order valence-corrected chi connectivity index (χ3v) is 4.64. The molecule has 0 aromatic heterocycles. The minimum atomic E-state index is -4.79. The highest BCUT2D eigenvalue weighted by Crippen LogP contribution is 2.45. The lowest BCUT2D eigenvalue weighted by Gasteiger charge is -2.44. The van der Waals surface area contributed by atoms with Crippen molar-refractivity contribution in [2.45, 2.75) is 32.2 Å². The summed E-state index contributed by atoms with van der Waals surface area (Å²) in [4.78, 5) is 1.71. The number of piperazine rings is 1. The van der Waals surface area contributed by atoms with Crippen LogP contribution in [0, 0.1) is 5.41 Å². The van der Waals surface area contributed by atoms with E-state index in [2.05, 4.69) is 5.32 Å². The van der Waals surface area contributed by atoms with E-state index in [0.29, 0.717) is 44.4 Å². The van der Waals surface area contributed by atoms with Crippen molar-refractivity contribution in [3.05, 3.63) is 34.9 Å². The standard InChI is InChI=1S/C17H22F6N2O/c1-15(2,10-26)14(25-7-5-24-6-8-25)12-9-11(16(18,19)20)3-4-13(12)17(21,22)23/h3-4,9,14,24,26H,5-8,10H2,1-2H3/t14-/m1/s1. The summed E-state index contributed by atoms with van der Waals surface area (Å²) >= 11 is 0. The molecule has 1 saturated heterocycles. The minimum Gasteiger partial charge on any atom is -0.396 e. The highest BCUT2D eigenvalue weighted by molar-refractivity contribution is 5.38. The van der Waals surface area contributed by atoms with E-state index in [1.165, 1.54) is 0 Å². The molecule has 0 unspecified atom stereocenters. The number of halogens is 6. The third kappa shape index (κ3) is 4.50. The van der Waals surface area contributed by atoms with E-state index in [4.69, 9.17) is 0 Å². The van der Waals surface area contributed by atoms with Crippen LogP contribution in [0.4, 0.5) is 26.3 Å². The maximum absolute atomic E-state index is 13.5. The summed E-state index contributed by atoms with van der Waals surface area (Å²) in [6.07, 6.45) is -9.55. The molecule has 1 fully saturated rings. The average Bonchev–Trinajstić information content (AvgIpc) is 2.54. The first kappa shape index (κ1) is 21.0. The molecule has 148 valence electrons. The lowest BCUT2D eigenvalue weighted by molar-refractivity contribution is -0.143. The molecule has 0 spiro atoms. The molecule has 1 aliphatic heterocycles. The van der Waals surface area contributed by atoms with E-state index in [9.17, 15) is 31.4 Å². The van der Waals surface area contributed by atoms with Crippen molar-refractivity contribution in [1.82, 2.24) is 10.2 Å². The fraction of sp³-hybridized carbons (Fsp3) is 0.647. The molecule has 1 aromatic rings. The Bertz CT molecular complexity index is 621. The normalized spacial score (nSPS) is 18.8. The van der Waals surface area contributed by atoms with Gasteiger partial charge in [-0.15, -0.1) is 0 Å². The topological polar surface area (TPSA) is 35.5 Å². The van der Waals surface area contributed by atoms with Crippen LogP contribution in [0.1, 0.15) is 36.6 Å². The Kier molecular flexibility index (Phi) is 5.94. The molecule has 1 aliphatic rings. The quantitative estimate of drug-likeness (QED) is 0.778. The summed E-state index contributed by atoms with van der Waals surface area (Å²) < 4.78 is 79.9. The molecule has 0 radical (unpaired) electrons. The molecule has 1 heterocycles. The summed E-state index contributed by atoms with van der Waals surface area (Å²) in [6.45, 7) is 4.43. The van der Waals surface area contributed by atoms with Crippen LogP contribution >= 0.6 is 0 Å². The average molecular weight is 384 g/mol. The minimum absolute atomic E-state index is 0.377. The van der Waals surface area contributed by atoms with Crippen molar-refractivity contribution in [3.8, 4) is 0 Å². The van der Waals surface area contributed by atoms with Crippen LogP contribution in [-0.2, 0) is 12.4 Å². The van der Waals surface area contributed by atoms with Crippen molar-refractivity contribution in [2.75, 3.05) is 32.8 Å². The van der Waals surface area contributed by atoms with Gasteiger partial charge in [-0.05, 0) is 23.8 Å². The molecule has 1 aromatic carbocycles. The third-order valence-electron chi connectivity index (χ3n) is 4.64. The maximum Gasteiger partial charge on any atom is 0.416 e. The molecule has 1 atom stereocenters. The second-order valence-electron chi connectivity index (χ2n) is 7.13. The van der Waals surface area contributed by atoms with Gasteiger partial charge in [0.2, 0.25) is 0 Å². The van der Waals surface area contributed by atoms with Gasteiger partial charge in [0.15, 0.2) is 0 Å². The van der Waals surface area contributed by atoms with E-state index < -0.39 is 47.1 Å². The Morgan fingerprint density at radius 3 is 2.08 bits per heavy atom. The number of aliphatic hydroxyl groups is 1. The second-order valence-corrected chi connectivity index (χ2v) is 7.13. The van der Waals surface area contributed by atoms with E-state index in [0.717, 1.165) is 0 Å². The largest absolute Gasteiger partial charge is 0.416 e. The van der Waals surface area contributed by atoms with Crippen molar-refractivity contribution < 1.29 is 31.4 Å². The number of nitrogens with zero attached hydrogens (tertiary/aromatic N) is 1. The second kappa shape index (κ2) is 7.36. The first-order valence-electron chi connectivity index (χ1n) is 8.22. The lowest BCUT2D eigenvalue weighted by atomic mass is 9.77. The molecule has 2 rings (SSSR count). The highest BCUT2D eigenvalue weighted by Gasteiger charge is 2.44. The van der Waals surface area contributed by atoms with Gasteiger partial charge in [0, 0.05) is 44.2 Å². The van der Waals surface area contributed by atoms with Crippen LogP contribution in [0.15, 0.2) is 18.2 Å². The van der Waals surface area contributed by atoms with Crippen LogP contribution in [0.2, 0.25) is 0 Å². The number of benzene rings is 1. The van der Waals surface area contributed by atoms with Crippen LogP contribution in [-0.4, -0.2) is 42.8 Å². The van der Waals surface area contributed by atoms with Gasteiger partial charge in [-0.2, -0.15) is 26.3 Å². The molecule has 26 heavy (non-hydrogen) atoms. The highest BCUT2D eigenvalue weighted by atomic mass is 19.4. The van der Waals surface area contributed by atoms with Crippen LogP contribution in [0.5, 0.6) is 0 Å². The molecular weight excluding hydrogens is 362 g/mol. The summed E-state index contributed by atoms with van der Waals surface area (Å²) in [6, 6.07) is 0.509. The molecule has 0 aliphatic carbocycles. The first-order valence-corrected chi connectivity index (χ1v) is 8.22. The van der Waals surface area contributed by atoms with Gasteiger partial charge < -0.3 is 10.4 Å². The fourth-order valence-electron chi connectivity index (χ4n) is 3.36. The molecule has 9 heteroatoms. The van der Waals surface area contributed by atoms with Gasteiger partial charge in [0.25, 0.3) is 0 Å². The Morgan fingerprint density at radius 2 is 1.62 bits per heavy atom. The number of nitrogens with one attached hydrogen (secondary N) is 1. The summed E-state index contributed by atoms with van der Waals surface area (Å²) in [5.74, 6) is 0. The monoisotopic (exact) mass is 384 g/mol. The zero-order valence-electron chi connectivity index (χ0n) is 14.5. The number of rotatable bonds is 4. The van der Waals surface area contributed by atoms with Gasteiger partial charge in [-0.3, -0.25) is 4.90 Å². The summed E-state index contributed by atoms with van der Waals surface area (Å²) in [5, 5.41) is 12.8. The number of alkyl halides is 6.